The maximum Gasteiger partial charge on any atom is 0.253 e. The van der Waals surface area contributed by atoms with Gasteiger partial charge in [0.05, 0.1) is 4.90 Å². The van der Waals surface area contributed by atoms with Crippen molar-refractivity contribution in [1.82, 2.24) is 19.6 Å². The standard InChI is InChI=1S/C14H14N4O2S2/c1-3-10-8-13(18-14(17-10)15-9-16-18)21-11-6-4-5-7-12(11)22(2,19)20/h4-9H,3H2,1-2H3. The average molecular weight is 334 g/mol. The lowest BCUT2D eigenvalue weighted by atomic mass is 10.3. The van der Waals surface area contributed by atoms with Crippen molar-refractivity contribution in [3.8, 4) is 0 Å². The summed E-state index contributed by atoms with van der Waals surface area (Å²) < 4.78 is 25.5. The summed E-state index contributed by atoms with van der Waals surface area (Å²) in [5.41, 5.74) is 0.889. The van der Waals surface area contributed by atoms with Gasteiger partial charge >= 0.3 is 0 Å². The SMILES string of the molecule is CCc1cc(Sc2ccccc2S(C)(=O)=O)n2ncnc2n1. The second-order valence-corrected chi connectivity index (χ2v) is 7.78. The molecule has 3 rings (SSSR count). The van der Waals surface area contributed by atoms with Gasteiger partial charge in [0, 0.05) is 16.8 Å². The summed E-state index contributed by atoms with van der Waals surface area (Å²) >= 11 is 1.35. The minimum absolute atomic E-state index is 0.308. The third-order valence-electron chi connectivity index (χ3n) is 3.10. The van der Waals surface area contributed by atoms with Gasteiger partial charge in [-0.2, -0.15) is 14.6 Å². The highest BCUT2D eigenvalue weighted by atomic mass is 32.2. The first kappa shape index (κ1) is 15.0. The van der Waals surface area contributed by atoms with Crippen LogP contribution in [0.25, 0.3) is 5.78 Å². The van der Waals surface area contributed by atoms with Crippen LogP contribution in [-0.2, 0) is 16.3 Å². The van der Waals surface area contributed by atoms with Crippen LogP contribution >= 0.6 is 11.8 Å². The Bertz CT molecular complexity index is 935. The van der Waals surface area contributed by atoms with Gasteiger partial charge in [-0.3, -0.25) is 0 Å². The minimum Gasteiger partial charge on any atom is -0.224 e. The zero-order chi connectivity index (χ0) is 15.7. The molecule has 0 saturated carbocycles. The van der Waals surface area contributed by atoms with Crippen molar-refractivity contribution in [2.45, 2.75) is 28.2 Å². The highest BCUT2D eigenvalue weighted by Gasteiger charge is 2.16. The maximum atomic E-state index is 11.9. The highest BCUT2D eigenvalue weighted by molar-refractivity contribution is 8.00. The summed E-state index contributed by atoms with van der Waals surface area (Å²) in [6.45, 7) is 2.01. The number of aryl methyl sites for hydroxylation is 1. The Labute approximate surface area is 132 Å². The molecule has 0 amide bonds. The Morgan fingerprint density at radius 1 is 1.27 bits per heavy atom. The average Bonchev–Trinajstić information content (AvgIpc) is 2.95. The minimum atomic E-state index is -3.29. The normalized spacial score (nSPS) is 11.9. The van der Waals surface area contributed by atoms with E-state index in [1.807, 2.05) is 19.1 Å². The number of aromatic nitrogens is 4. The Morgan fingerprint density at radius 3 is 2.77 bits per heavy atom. The van der Waals surface area contributed by atoms with E-state index in [0.29, 0.717) is 15.6 Å². The molecule has 114 valence electrons. The lowest BCUT2D eigenvalue weighted by Crippen LogP contribution is -2.02. The molecule has 0 unspecified atom stereocenters. The van der Waals surface area contributed by atoms with Gasteiger partial charge in [0.15, 0.2) is 9.84 Å². The first-order chi connectivity index (χ1) is 10.5. The van der Waals surface area contributed by atoms with Gasteiger partial charge < -0.3 is 0 Å². The van der Waals surface area contributed by atoms with E-state index in [2.05, 4.69) is 15.1 Å². The Balaban J connectivity index is 2.13. The van der Waals surface area contributed by atoms with E-state index in [0.717, 1.165) is 17.1 Å². The fraction of sp³-hybridized carbons (Fsp3) is 0.214. The lowest BCUT2D eigenvalue weighted by Gasteiger charge is -2.09. The zero-order valence-corrected chi connectivity index (χ0v) is 13.7. The maximum absolute atomic E-state index is 11.9. The van der Waals surface area contributed by atoms with Crippen LogP contribution in [0.2, 0.25) is 0 Å². The van der Waals surface area contributed by atoms with Crippen molar-refractivity contribution in [3.63, 3.8) is 0 Å². The molecule has 1 aromatic carbocycles. The summed E-state index contributed by atoms with van der Waals surface area (Å²) in [5, 5.41) is 4.94. The van der Waals surface area contributed by atoms with Crippen molar-refractivity contribution in [3.05, 3.63) is 42.4 Å². The number of hydrogen-bond acceptors (Lipinski definition) is 6. The number of sulfone groups is 1. The van der Waals surface area contributed by atoms with Gasteiger partial charge in [0.1, 0.15) is 11.4 Å². The molecule has 0 atom stereocenters. The van der Waals surface area contributed by atoms with Crippen LogP contribution < -0.4 is 0 Å². The van der Waals surface area contributed by atoms with E-state index >= 15 is 0 Å². The molecule has 0 aliphatic heterocycles. The van der Waals surface area contributed by atoms with E-state index in [4.69, 9.17) is 0 Å². The fourth-order valence-corrected chi connectivity index (χ4v) is 4.33. The van der Waals surface area contributed by atoms with Gasteiger partial charge in [0.2, 0.25) is 0 Å². The molecular formula is C14H14N4O2S2. The van der Waals surface area contributed by atoms with Crippen LogP contribution in [0, 0.1) is 0 Å². The highest BCUT2D eigenvalue weighted by Crippen LogP contribution is 2.32. The summed E-state index contributed by atoms with van der Waals surface area (Å²) in [5.74, 6) is 0.513. The molecule has 0 bridgehead atoms. The number of rotatable bonds is 4. The molecule has 2 heterocycles. The molecule has 6 nitrogen and oxygen atoms in total. The van der Waals surface area contributed by atoms with E-state index in [-0.39, 0.29) is 0 Å². The Kier molecular flexibility index (Phi) is 3.88. The van der Waals surface area contributed by atoms with Crippen LogP contribution in [0.3, 0.4) is 0 Å². The first-order valence-electron chi connectivity index (χ1n) is 6.65. The molecule has 0 radical (unpaired) electrons. The fourth-order valence-electron chi connectivity index (χ4n) is 2.04. The van der Waals surface area contributed by atoms with E-state index in [9.17, 15) is 8.42 Å². The molecular weight excluding hydrogens is 320 g/mol. The summed E-state index contributed by atoms with van der Waals surface area (Å²) in [4.78, 5) is 9.47. The van der Waals surface area contributed by atoms with Crippen molar-refractivity contribution in [1.29, 1.82) is 0 Å². The molecule has 0 fully saturated rings. The number of nitrogens with zero attached hydrogens (tertiary/aromatic N) is 4. The van der Waals surface area contributed by atoms with E-state index in [1.165, 1.54) is 24.3 Å². The van der Waals surface area contributed by atoms with Crippen LogP contribution in [0.15, 0.2) is 51.5 Å². The molecule has 0 saturated heterocycles. The zero-order valence-electron chi connectivity index (χ0n) is 12.1. The van der Waals surface area contributed by atoms with E-state index < -0.39 is 9.84 Å². The largest absolute Gasteiger partial charge is 0.253 e. The number of benzene rings is 1. The first-order valence-corrected chi connectivity index (χ1v) is 9.36. The second-order valence-electron chi connectivity index (χ2n) is 4.73. The molecule has 3 aromatic rings. The topological polar surface area (TPSA) is 77.2 Å². The lowest BCUT2D eigenvalue weighted by molar-refractivity contribution is 0.600. The Hall–Kier alpha value is -1.93. The third-order valence-corrected chi connectivity index (χ3v) is 5.46. The predicted molar refractivity (Wildman–Crippen MR) is 83.8 cm³/mol. The van der Waals surface area contributed by atoms with Gasteiger partial charge in [-0.1, -0.05) is 30.8 Å². The third kappa shape index (κ3) is 2.84. The van der Waals surface area contributed by atoms with Crippen LogP contribution in [-0.4, -0.2) is 34.3 Å². The monoisotopic (exact) mass is 334 g/mol. The molecule has 0 aliphatic rings. The van der Waals surface area contributed by atoms with Gasteiger partial charge in [-0.15, -0.1) is 0 Å². The second kappa shape index (κ2) is 5.69. The van der Waals surface area contributed by atoms with Gasteiger partial charge in [-0.05, 0) is 24.6 Å². The molecule has 0 N–H and O–H groups in total. The molecule has 8 heteroatoms. The Morgan fingerprint density at radius 2 is 2.05 bits per heavy atom. The predicted octanol–water partition coefficient (Wildman–Crippen LogP) is 2.24. The number of hydrogen-bond donors (Lipinski definition) is 0. The quantitative estimate of drug-likeness (QED) is 0.681. The van der Waals surface area contributed by atoms with Crippen molar-refractivity contribution >= 4 is 27.4 Å². The van der Waals surface area contributed by atoms with E-state index in [1.54, 1.807) is 22.7 Å². The molecule has 0 spiro atoms. The van der Waals surface area contributed by atoms with Crippen molar-refractivity contribution in [2.24, 2.45) is 0 Å². The summed E-state index contributed by atoms with van der Waals surface area (Å²) in [7, 11) is -3.29. The summed E-state index contributed by atoms with van der Waals surface area (Å²) in [6, 6.07) is 8.84. The molecule has 22 heavy (non-hydrogen) atoms. The van der Waals surface area contributed by atoms with Crippen LogP contribution in [0.4, 0.5) is 0 Å². The van der Waals surface area contributed by atoms with Gasteiger partial charge in [0.25, 0.3) is 5.78 Å². The number of fused-ring (bicyclic) bond motifs is 1. The van der Waals surface area contributed by atoms with Crippen molar-refractivity contribution < 1.29 is 8.42 Å². The summed E-state index contributed by atoms with van der Waals surface area (Å²) in [6.07, 6.45) is 3.42. The van der Waals surface area contributed by atoms with Crippen LogP contribution in [0.1, 0.15) is 12.6 Å². The smallest absolute Gasteiger partial charge is 0.224 e. The molecule has 2 aromatic heterocycles. The van der Waals surface area contributed by atoms with Crippen molar-refractivity contribution in [2.75, 3.05) is 6.26 Å². The molecule has 0 aliphatic carbocycles. The van der Waals surface area contributed by atoms with Gasteiger partial charge in [-0.25, -0.2) is 13.4 Å². The van der Waals surface area contributed by atoms with Crippen LogP contribution in [0.5, 0.6) is 0 Å².